The average Bonchev–Trinajstić information content (AvgIpc) is 3.64. The minimum absolute atomic E-state index is 0.0372. The highest BCUT2D eigenvalue weighted by Crippen LogP contribution is 2.19. The molecule has 0 spiro atoms. The maximum Gasteiger partial charge on any atom is 0.261 e. The van der Waals surface area contributed by atoms with Crippen LogP contribution < -0.4 is 15.4 Å². The highest BCUT2D eigenvalue weighted by molar-refractivity contribution is 7.92. The van der Waals surface area contributed by atoms with Gasteiger partial charge in [0, 0.05) is 23.7 Å². The van der Waals surface area contributed by atoms with Crippen molar-refractivity contribution in [2.75, 3.05) is 4.72 Å². The van der Waals surface area contributed by atoms with Gasteiger partial charge in [0.1, 0.15) is 6.04 Å². The predicted molar refractivity (Wildman–Crippen MR) is 126 cm³/mol. The molecule has 0 aromatic heterocycles. The fourth-order valence-electron chi connectivity index (χ4n) is 3.34. The molecule has 7 nitrogen and oxygen atoms in total. The molecule has 3 N–H and O–H groups in total. The van der Waals surface area contributed by atoms with E-state index in [1.165, 1.54) is 24.3 Å². The van der Waals surface area contributed by atoms with Crippen LogP contribution in [0.3, 0.4) is 0 Å². The summed E-state index contributed by atoms with van der Waals surface area (Å²) in [5.41, 5.74) is 1.65. The first kappa shape index (κ1) is 22.5. The summed E-state index contributed by atoms with van der Waals surface area (Å²) in [5, 5.41) is 5.74. The zero-order valence-electron chi connectivity index (χ0n) is 17.9. The van der Waals surface area contributed by atoms with E-state index in [4.69, 9.17) is 0 Å². The van der Waals surface area contributed by atoms with E-state index in [2.05, 4.69) is 15.4 Å². The van der Waals surface area contributed by atoms with Crippen molar-refractivity contribution in [3.8, 4) is 0 Å². The van der Waals surface area contributed by atoms with Gasteiger partial charge in [-0.15, -0.1) is 0 Å². The van der Waals surface area contributed by atoms with Gasteiger partial charge >= 0.3 is 0 Å². The lowest BCUT2D eigenvalue weighted by molar-refractivity contribution is -0.123. The number of sulfonamides is 1. The van der Waals surface area contributed by atoms with Crippen molar-refractivity contribution in [3.63, 3.8) is 0 Å². The smallest absolute Gasteiger partial charge is 0.261 e. The second kappa shape index (κ2) is 9.87. The zero-order valence-corrected chi connectivity index (χ0v) is 18.7. The molecule has 1 aliphatic carbocycles. The van der Waals surface area contributed by atoms with Crippen LogP contribution in [0.5, 0.6) is 0 Å². The quantitative estimate of drug-likeness (QED) is 0.454. The number of carbonyl (C=O) groups excluding carboxylic acids is 2. The molecule has 0 radical (unpaired) electrons. The summed E-state index contributed by atoms with van der Waals surface area (Å²) in [6.07, 6.45) is 2.26. The van der Waals surface area contributed by atoms with E-state index in [-0.39, 0.29) is 22.4 Å². The summed E-state index contributed by atoms with van der Waals surface area (Å²) in [5.74, 6) is -0.664. The van der Waals surface area contributed by atoms with E-state index in [9.17, 15) is 18.0 Å². The van der Waals surface area contributed by atoms with Crippen LogP contribution in [0.4, 0.5) is 5.69 Å². The number of nitrogens with one attached hydrogen (secondary N) is 3. The van der Waals surface area contributed by atoms with E-state index >= 15 is 0 Å². The Morgan fingerprint density at radius 1 is 0.848 bits per heavy atom. The molecule has 8 heteroatoms. The van der Waals surface area contributed by atoms with Crippen molar-refractivity contribution in [1.82, 2.24) is 10.6 Å². The van der Waals surface area contributed by atoms with Crippen LogP contribution in [-0.2, 0) is 21.2 Å². The second-order valence-corrected chi connectivity index (χ2v) is 9.68. The molecule has 2 amide bonds. The van der Waals surface area contributed by atoms with Gasteiger partial charge in [-0.3, -0.25) is 14.3 Å². The normalized spacial score (nSPS) is 14.2. The molecule has 0 bridgehead atoms. The standard InChI is InChI=1S/C25H25N3O4S/c29-24(27-23(25(30)26-20-13-14-20)17-18-7-3-1-4-8-18)19-11-15-22(16-12-19)33(31,32)28-21-9-5-2-6-10-21/h1-12,15-16,20,23,28H,13-14,17H2,(H,26,30)(H,27,29). The number of hydrogen-bond acceptors (Lipinski definition) is 4. The topological polar surface area (TPSA) is 104 Å². The zero-order chi connectivity index (χ0) is 23.3. The molecular formula is C25H25N3O4S. The van der Waals surface area contributed by atoms with Crippen molar-refractivity contribution in [3.05, 3.63) is 96.1 Å². The minimum Gasteiger partial charge on any atom is -0.352 e. The first-order valence-electron chi connectivity index (χ1n) is 10.7. The Labute approximate surface area is 193 Å². The van der Waals surface area contributed by atoms with Gasteiger partial charge in [-0.25, -0.2) is 8.42 Å². The van der Waals surface area contributed by atoms with Gasteiger partial charge in [-0.05, 0) is 54.8 Å². The average molecular weight is 464 g/mol. The predicted octanol–water partition coefficient (Wildman–Crippen LogP) is 3.11. The van der Waals surface area contributed by atoms with Crippen LogP contribution in [-0.4, -0.2) is 32.3 Å². The van der Waals surface area contributed by atoms with E-state index in [0.717, 1.165) is 18.4 Å². The summed E-state index contributed by atoms with van der Waals surface area (Å²) < 4.78 is 27.7. The fourth-order valence-corrected chi connectivity index (χ4v) is 4.39. The lowest BCUT2D eigenvalue weighted by Gasteiger charge is -2.19. The first-order chi connectivity index (χ1) is 15.9. The SMILES string of the molecule is O=C(NC(Cc1ccccc1)C(=O)NC1CC1)c1ccc(S(=O)(=O)Nc2ccccc2)cc1. The summed E-state index contributed by atoms with van der Waals surface area (Å²) in [6, 6.07) is 23.1. The maximum atomic E-state index is 12.8. The maximum absolute atomic E-state index is 12.8. The molecule has 0 saturated heterocycles. The molecule has 0 aliphatic heterocycles. The molecule has 0 heterocycles. The van der Waals surface area contributed by atoms with Gasteiger partial charge < -0.3 is 10.6 Å². The van der Waals surface area contributed by atoms with Crippen molar-refractivity contribution in [1.29, 1.82) is 0 Å². The number of hydrogen-bond donors (Lipinski definition) is 3. The summed E-state index contributed by atoms with van der Waals surface area (Å²) >= 11 is 0. The van der Waals surface area contributed by atoms with E-state index < -0.39 is 22.0 Å². The molecule has 1 unspecified atom stereocenters. The second-order valence-electron chi connectivity index (χ2n) is 7.99. The number of carbonyl (C=O) groups is 2. The third-order valence-corrected chi connectivity index (χ3v) is 6.68. The molecule has 3 aromatic rings. The molecular weight excluding hydrogens is 438 g/mol. The lowest BCUT2D eigenvalue weighted by Crippen LogP contribution is -2.48. The van der Waals surface area contributed by atoms with Crippen LogP contribution >= 0.6 is 0 Å². The Balaban J connectivity index is 1.45. The van der Waals surface area contributed by atoms with Crippen LogP contribution in [0.25, 0.3) is 0 Å². The van der Waals surface area contributed by atoms with E-state index in [1.54, 1.807) is 30.3 Å². The highest BCUT2D eigenvalue weighted by atomic mass is 32.2. The van der Waals surface area contributed by atoms with Gasteiger partial charge in [0.25, 0.3) is 15.9 Å². The number of amides is 2. The number of anilines is 1. The number of benzene rings is 3. The third kappa shape index (κ3) is 6.20. The molecule has 3 aromatic carbocycles. The Morgan fingerprint density at radius 3 is 2.06 bits per heavy atom. The molecule has 1 atom stereocenters. The van der Waals surface area contributed by atoms with Gasteiger partial charge in [0.2, 0.25) is 5.91 Å². The summed E-state index contributed by atoms with van der Waals surface area (Å²) in [6.45, 7) is 0. The van der Waals surface area contributed by atoms with Crippen LogP contribution in [0.15, 0.2) is 89.8 Å². The lowest BCUT2D eigenvalue weighted by atomic mass is 10.0. The van der Waals surface area contributed by atoms with Crippen LogP contribution in [0.1, 0.15) is 28.8 Å². The Bertz CT molecular complexity index is 1210. The highest BCUT2D eigenvalue weighted by Gasteiger charge is 2.29. The fraction of sp³-hybridized carbons (Fsp3) is 0.200. The molecule has 1 fully saturated rings. The number of para-hydroxylation sites is 1. The van der Waals surface area contributed by atoms with Gasteiger partial charge in [-0.2, -0.15) is 0 Å². The monoisotopic (exact) mass is 463 g/mol. The number of rotatable bonds is 9. The van der Waals surface area contributed by atoms with Gasteiger partial charge in [-0.1, -0.05) is 48.5 Å². The van der Waals surface area contributed by atoms with Crippen LogP contribution in [0, 0.1) is 0 Å². The van der Waals surface area contributed by atoms with Crippen molar-refractivity contribution >= 4 is 27.5 Å². The largest absolute Gasteiger partial charge is 0.352 e. The van der Waals surface area contributed by atoms with Crippen molar-refractivity contribution < 1.29 is 18.0 Å². The third-order valence-electron chi connectivity index (χ3n) is 5.28. The van der Waals surface area contributed by atoms with Crippen LogP contribution in [0.2, 0.25) is 0 Å². The Kier molecular flexibility index (Phi) is 6.74. The molecule has 1 aliphatic rings. The first-order valence-corrected chi connectivity index (χ1v) is 12.2. The molecule has 1 saturated carbocycles. The van der Waals surface area contributed by atoms with Gasteiger partial charge in [0.15, 0.2) is 0 Å². The van der Waals surface area contributed by atoms with Crippen molar-refractivity contribution in [2.45, 2.75) is 36.2 Å². The van der Waals surface area contributed by atoms with E-state index in [0.29, 0.717) is 12.1 Å². The van der Waals surface area contributed by atoms with E-state index in [1.807, 2.05) is 30.3 Å². The summed E-state index contributed by atoms with van der Waals surface area (Å²) in [7, 11) is -3.79. The van der Waals surface area contributed by atoms with Crippen molar-refractivity contribution in [2.24, 2.45) is 0 Å². The minimum atomic E-state index is -3.79. The Morgan fingerprint density at radius 2 is 1.45 bits per heavy atom. The summed E-state index contributed by atoms with van der Waals surface area (Å²) in [4.78, 5) is 25.6. The molecule has 4 rings (SSSR count). The molecule has 33 heavy (non-hydrogen) atoms. The van der Waals surface area contributed by atoms with Gasteiger partial charge in [0.05, 0.1) is 4.90 Å². The molecule has 170 valence electrons. The Hall–Kier alpha value is -3.65.